The standard InChI is InChI=1S/C14H12BrN3O3/c1-8-11(18(19)20)3-2-4-12(8)21-13-7-9(15)5-6-10(13)14(16)17/h2-7H,1H3,(H3,16,17). The number of hydrogen-bond acceptors (Lipinski definition) is 4. The molecule has 3 N–H and O–H groups in total. The first kappa shape index (κ1) is 15.0. The van der Waals surface area contributed by atoms with E-state index in [1.807, 2.05) is 0 Å². The second-order valence-corrected chi connectivity index (χ2v) is 5.23. The monoisotopic (exact) mass is 349 g/mol. The molecule has 0 aliphatic carbocycles. The molecule has 2 aromatic carbocycles. The number of amidine groups is 1. The molecule has 0 saturated carbocycles. The lowest BCUT2D eigenvalue weighted by Crippen LogP contribution is -2.12. The first-order valence-electron chi connectivity index (χ1n) is 5.96. The molecule has 2 rings (SSSR count). The van der Waals surface area contributed by atoms with E-state index < -0.39 is 4.92 Å². The maximum atomic E-state index is 10.9. The van der Waals surface area contributed by atoms with Crippen LogP contribution in [0.3, 0.4) is 0 Å². The van der Waals surface area contributed by atoms with Crippen molar-refractivity contribution in [1.82, 2.24) is 0 Å². The summed E-state index contributed by atoms with van der Waals surface area (Å²) in [7, 11) is 0. The number of nitrogen functional groups attached to an aromatic ring is 1. The van der Waals surface area contributed by atoms with Crippen LogP contribution in [0, 0.1) is 22.4 Å². The number of hydrogen-bond donors (Lipinski definition) is 2. The molecule has 0 saturated heterocycles. The number of benzene rings is 2. The molecule has 21 heavy (non-hydrogen) atoms. The zero-order valence-corrected chi connectivity index (χ0v) is 12.7. The smallest absolute Gasteiger partial charge is 0.276 e. The fourth-order valence-corrected chi connectivity index (χ4v) is 2.17. The molecule has 2 aromatic rings. The van der Waals surface area contributed by atoms with Gasteiger partial charge < -0.3 is 10.5 Å². The molecule has 0 aromatic heterocycles. The van der Waals surface area contributed by atoms with Crippen molar-refractivity contribution in [1.29, 1.82) is 5.41 Å². The van der Waals surface area contributed by atoms with Gasteiger partial charge in [0.25, 0.3) is 5.69 Å². The Morgan fingerprint density at radius 1 is 1.33 bits per heavy atom. The maximum absolute atomic E-state index is 10.9. The number of ether oxygens (including phenoxy) is 1. The van der Waals surface area contributed by atoms with Crippen molar-refractivity contribution in [2.75, 3.05) is 0 Å². The molecule has 0 amide bonds. The van der Waals surface area contributed by atoms with Crippen molar-refractivity contribution >= 4 is 27.5 Å². The topological polar surface area (TPSA) is 102 Å². The van der Waals surface area contributed by atoms with E-state index in [0.29, 0.717) is 22.6 Å². The number of rotatable bonds is 4. The van der Waals surface area contributed by atoms with Crippen LogP contribution in [-0.2, 0) is 0 Å². The Balaban J connectivity index is 2.48. The minimum Gasteiger partial charge on any atom is -0.456 e. The molecule has 0 unspecified atom stereocenters. The molecular weight excluding hydrogens is 338 g/mol. The summed E-state index contributed by atoms with van der Waals surface area (Å²) in [5.41, 5.74) is 6.33. The van der Waals surface area contributed by atoms with Crippen LogP contribution in [0.25, 0.3) is 0 Å². The van der Waals surface area contributed by atoms with Crippen LogP contribution in [-0.4, -0.2) is 10.8 Å². The largest absolute Gasteiger partial charge is 0.456 e. The molecule has 0 fully saturated rings. The lowest BCUT2D eigenvalue weighted by molar-refractivity contribution is -0.385. The number of nitro benzene ring substituents is 1. The lowest BCUT2D eigenvalue weighted by Gasteiger charge is -2.12. The molecular formula is C14H12BrN3O3. The van der Waals surface area contributed by atoms with Gasteiger partial charge in [-0.15, -0.1) is 0 Å². The number of nitrogens with one attached hydrogen (secondary N) is 1. The van der Waals surface area contributed by atoms with Crippen molar-refractivity contribution in [3.05, 3.63) is 62.1 Å². The summed E-state index contributed by atoms with van der Waals surface area (Å²) in [6.07, 6.45) is 0. The van der Waals surface area contributed by atoms with E-state index >= 15 is 0 Å². The third-order valence-electron chi connectivity index (χ3n) is 2.91. The van der Waals surface area contributed by atoms with Gasteiger partial charge in [-0.25, -0.2) is 0 Å². The highest BCUT2D eigenvalue weighted by Crippen LogP contribution is 2.33. The Labute approximate surface area is 129 Å². The van der Waals surface area contributed by atoms with Crippen molar-refractivity contribution in [3.8, 4) is 11.5 Å². The zero-order chi connectivity index (χ0) is 15.6. The van der Waals surface area contributed by atoms with Crippen LogP contribution < -0.4 is 10.5 Å². The lowest BCUT2D eigenvalue weighted by atomic mass is 10.1. The maximum Gasteiger partial charge on any atom is 0.276 e. The van der Waals surface area contributed by atoms with E-state index in [1.165, 1.54) is 6.07 Å². The SMILES string of the molecule is Cc1c(Oc2cc(Br)ccc2C(=N)N)cccc1[N+](=O)[O-]. The molecule has 0 heterocycles. The molecule has 0 radical (unpaired) electrons. The van der Waals surface area contributed by atoms with Crippen molar-refractivity contribution < 1.29 is 9.66 Å². The number of nitrogens with zero attached hydrogens (tertiary/aromatic N) is 1. The molecule has 0 aliphatic heterocycles. The Morgan fingerprint density at radius 3 is 2.67 bits per heavy atom. The van der Waals surface area contributed by atoms with Crippen LogP contribution in [0.15, 0.2) is 40.9 Å². The number of nitrogens with two attached hydrogens (primary N) is 1. The van der Waals surface area contributed by atoms with Gasteiger partial charge in [-0.2, -0.15) is 0 Å². The number of halogens is 1. The summed E-state index contributed by atoms with van der Waals surface area (Å²) < 4.78 is 6.47. The highest BCUT2D eigenvalue weighted by Gasteiger charge is 2.16. The fraction of sp³-hybridized carbons (Fsp3) is 0.0714. The number of nitro groups is 1. The molecule has 0 atom stereocenters. The molecule has 6 nitrogen and oxygen atoms in total. The van der Waals surface area contributed by atoms with Gasteiger partial charge in [0.1, 0.15) is 17.3 Å². The van der Waals surface area contributed by atoms with Gasteiger partial charge in [-0.1, -0.05) is 22.0 Å². The van der Waals surface area contributed by atoms with Crippen LogP contribution >= 0.6 is 15.9 Å². The van der Waals surface area contributed by atoms with E-state index in [1.54, 1.807) is 37.3 Å². The third-order valence-corrected chi connectivity index (χ3v) is 3.40. The second-order valence-electron chi connectivity index (χ2n) is 4.31. The quantitative estimate of drug-likeness (QED) is 0.379. The van der Waals surface area contributed by atoms with Crippen molar-refractivity contribution in [3.63, 3.8) is 0 Å². The average molecular weight is 350 g/mol. The Hall–Kier alpha value is -2.41. The second kappa shape index (κ2) is 5.92. The van der Waals surface area contributed by atoms with Crippen molar-refractivity contribution in [2.45, 2.75) is 6.92 Å². The van der Waals surface area contributed by atoms with E-state index in [9.17, 15) is 10.1 Å². The average Bonchev–Trinajstić information content (AvgIpc) is 2.40. The Kier molecular flexibility index (Phi) is 4.23. The van der Waals surface area contributed by atoms with E-state index in [4.69, 9.17) is 15.9 Å². The minimum atomic E-state index is -0.463. The van der Waals surface area contributed by atoms with Crippen LogP contribution in [0.4, 0.5) is 5.69 Å². The molecule has 0 spiro atoms. The fourth-order valence-electron chi connectivity index (χ4n) is 1.83. The summed E-state index contributed by atoms with van der Waals surface area (Å²) in [6.45, 7) is 1.61. The predicted molar refractivity (Wildman–Crippen MR) is 83.1 cm³/mol. The first-order valence-corrected chi connectivity index (χ1v) is 6.75. The van der Waals surface area contributed by atoms with Crippen LogP contribution in [0.1, 0.15) is 11.1 Å². The molecule has 0 aliphatic rings. The summed E-state index contributed by atoms with van der Waals surface area (Å²) in [6, 6.07) is 9.64. The third kappa shape index (κ3) is 3.19. The zero-order valence-electron chi connectivity index (χ0n) is 11.1. The summed E-state index contributed by atoms with van der Waals surface area (Å²) in [5, 5.41) is 18.5. The van der Waals surface area contributed by atoms with Crippen LogP contribution in [0.5, 0.6) is 11.5 Å². The van der Waals surface area contributed by atoms with E-state index in [2.05, 4.69) is 15.9 Å². The molecule has 108 valence electrons. The first-order chi connectivity index (χ1) is 9.90. The van der Waals surface area contributed by atoms with Gasteiger partial charge in [0.2, 0.25) is 0 Å². The normalized spacial score (nSPS) is 10.2. The van der Waals surface area contributed by atoms with E-state index in [0.717, 1.165) is 4.47 Å². The van der Waals surface area contributed by atoms with Gasteiger partial charge >= 0.3 is 0 Å². The molecule has 7 heteroatoms. The van der Waals surface area contributed by atoms with E-state index in [-0.39, 0.29) is 11.5 Å². The summed E-state index contributed by atoms with van der Waals surface area (Å²) in [4.78, 5) is 10.5. The van der Waals surface area contributed by atoms with Crippen LogP contribution in [0.2, 0.25) is 0 Å². The highest BCUT2D eigenvalue weighted by molar-refractivity contribution is 9.10. The van der Waals surface area contributed by atoms with Gasteiger partial charge in [0.05, 0.1) is 16.1 Å². The minimum absolute atomic E-state index is 0.0214. The van der Waals surface area contributed by atoms with Gasteiger partial charge in [0, 0.05) is 10.5 Å². The Bertz CT molecular complexity index is 731. The van der Waals surface area contributed by atoms with Gasteiger partial charge in [-0.3, -0.25) is 15.5 Å². The molecule has 0 bridgehead atoms. The summed E-state index contributed by atoms with van der Waals surface area (Å²) >= 11 is 3.32. The predicted octanol–water partition coefficient (Wildman–Crippen LogP) is 3.74. The highest BCUT2D eigenvalue weighted by atomic mass is 79.9. The van der Waals surface area contributed by atoms with Crippen molar-refractivity contribution in [2.24, 2.45) is 5.73 Å². The van der Waals surface area contributed by atoms with Gasteiger partial charge in [-0.05, 0) is 31.2 Å². The Morgan fingerprint density at radius 2 is 2.05 bits per heavy atom. The van der Waals surface area contributed by atoms with Gasteiger partial charge in [0.15, 0.2) is 0 Å². The summed E-state index contributed by atoms with van der Waals surface area (Å²) in [5.74, 6) is 0.575.